The van der Waals surface area contributed by atoms with E-state index in [-0.39, 0.29) is 29.5 Å². The molecule has 0 bridgehead atoms. The van der Waals surface area contributed by atoms with E-state index >= 15 is 0 Å². The van der Waals surface area contributed by atoms with E-state index in [1.807, 2.05) is 6.92 Å². The van der Waals surface area contributed by atoms with Gasteiger partial charge in [0.1, 0.15) is 6.04 Å². The first-order chi connectivity index (χ1) is 13.7. The number of aryl methyl sites for hydroxylation is 1. The summed E-state index contributed by atoms with van der Waals surface area (Å²) in [7, 11) is -3.84. The molecule has 0 radical (unpaired) electrons. The van der Waals surface area contributed by atoms with Crippen LogP contribution in [0.25, 0.3) is 0 Å². The average Bonchev–Trinajstić information content (AvgIpc) is 3.30. The Balaban J connectivity index is 1.67. The Morgan fingerprint density at radius 2 is 1.79 bits per heavy atom. The van der Waals surface area contributed by atoms with Crippen molar-refractivity contribution >= 4 is 21.6 Å². The van der Waals surface area contributed by atoms with Crippen LogP contribution >= 0.6 is 0 Å². The number of hydrogen-bond donors (Lipinski definition) is 0. The summed E-state index contributed by atoms with van der Waals surface area (Å²) in [6, 6.07) is 7.67. The van der Waals surface area contributed by atoms with Gasteiger partial charge in [-0.05, 0) is 57.4 Å². The molecule has 0 aliphatic carbocycles. The van der Waals surface area contributed by atoms with Gasteiger partial charge in [0.15, 0.2) is 11.6 Å². The highest BCUT2D eigenvalue weighted by atomic mass is 32.2. The number of anilines is 1. The first-order valence-corrected chi connectivity index (χ1v) is 11.0. The Bertz CT molecular complexity index is 1070. The lowest BCUT2D eigenvalue weighted by Crippen LogP contribution is -2.49. The minimum Gasteiger partial charge on any atom is -0.308 e. The molecule has 1 saturated heterocycles. The Hall–Kier alpha value is -2.32. The molecule has 2 aromatic carbocycles. The number of nitrogens with zero attached hydrogens (tertiary/aromatic N) is 2. The van der Waals surface area contributed by atoms with Gasteiger partial charge in [0.05, 0.1) is 10.6 Å². The van der Waals surface area contributed by atoms with Crippen molar-refractivity contribution in [2.24, 2.45) is 0 Å². The summed E-state index contributed by atoms with van der Waals surface area (Å²) < 4.78 is 55.3. The molecular formula is C21H22F2N2O3S. The fraction of sp³-hybridized carbons (Fsp3) is 0.381. The topological polar surface area (TPSA) is 57.7 Å². The minimum absolute atomic E-state index is 0.144. The Morgan fingerprint density at radius 1 is 1.10 bits per heavy atom. The molecular weight excluding hydrogens is 398 g/mol. The fourth-order valence-electron chi connectivity index (χ4n) is 4.24. The van der Waals surface area contributed by atoms with Gasteiger partial charge in [-0.3, -0.25) is 4.79 Å². The Labute approximate surface area is 169 Å². The number of rotatable bonds is 3. The SMILES string of the molecule is Cc1ccc(S(=O)(=O)N2CCCC2C(=O)N2c3ccc(F)c(F)c3CC2C)cc1. The minimum atomic E-state index is -3.84. The maximum Gasteiger partial charge on any atom is 0.245 e. The predicted molar refractivity (Wildman–Crippen MR) is 105 cm³/mol. The monoisotopic (exact) mass is 420 g/mol. The average molecular weight is 420 g/mol. The van der Waals surface area contributed by atoms with Gasteiger partial charge in [-0.25, -0.2) is 17.2 Å². The van der Waals surface area contributed by atoms with Crippen LogP contribution in [0.5, 0.6) is 0 Å². The van der Waals surface area contributed by atoms with Crippen LogP contribution in [-0.4, -0.2) is 37.3 Å². The highest BCUT2D eigenvalue weighted by Gasteiger charge is 2.44. The van der Waals surface area contributed by atoms with E-state index in [9.17, 15) is 22.0 Å². The van der Waals surface area contributed by atoms with Crippen LogP contribution < -0.4 is 4.90 Å². The Kier molecular flexibility index (Phi) is 4.94. The van der Waals surface area contributed by atoms with Crippen molar-refractivity contribution in [3.05, 3.63) is 59.2 Å². The van der Waals surface area contributed by atoms with Crippen molar-refractivity contribution in [3.8, 4) is 0 Å². The molecule has 4 rings (SSSR count). The van der Waals surface area contributed by atoms with Gasteiger partial charge >= 0.3 is 0 Å². The lowest BCUT2D eigenvalue weighted by Gasteiger charge is -2.30. The first-order valence-electron chi connectivity index (χ1n) is 9.60. The fourth-order valence-corrected chi connectivity index (χ4v) is 5.89. The number of carbonyl (C=O) groups is 1. The Morgan fingerprint density at radius 3 is 2.48 bits per heavy atom. The number of sulfonamides is 1. The molecule has 0 saturated carbocycles. The van der Waals surface area contributed by atoms with Crippen LogP contribution in [0.4, 0.5) is 14.5 Å². The summed E-state index contributed by atoms with van der Waals surface area (Å²) in [5.41, 5.74) is 1.42. The smallest absolute Gasteiger partial charge is 0.245 e. The van der Waals surface area contributed by atoms with Crippen molar-refractivity contribution in [2.45, 2.75) is 50.1 Å². The number of fused-ring (bicyclic) bond motifs is 1. The van der Waals surface area contributed by atoms with E-state index in [4.69, 9.17) is 0 Å². The largest absolute Gasteiger partial charge is 0.308 e. The lowest BCUT2D eigenvalue weighted by atomic mass is 10.1. The molecule has 1 amide bonds. The molecule has 29 heavy (non-hydrogen) atoms. The summed E-state index contributed by atoms with van der Waals surface area (Å²) in [4.78, 5) is 14.9. The van der Waals surface area contributed by atoms with Gasteiger partial charge in [0.25, 0.3) is 0 Å². The zero-order valence-electron chi connectivity index (χ0n) is 16.2. The van der Waals surface area contributed by atoms with Gasteiger partial charge < -0.3 is 4.90 Å². The maximum atomic E-state index is 14.2. The second kappa shape index (κ2) is 7.18. The zero-order valence-corrected chi connectivity index (χ0v) is 17.0. The number of benzene rings is 2. The summed E-state index contributed by atoms with van der Waals surface area (Å²) in [5, 5.41) is 0. The van der Waals surface area contributed by atoms with Crippen LogP contribution in [0.15, 0.2) is 41.3 Å². The van der Waals surface area contributed by atoms with E-state index in [1.165, 1.54) is 27.4 Å². The van der Waals surface area contributed by atoms with Crippen LogP contribution in [0, 0.1) is 18.6 Å². The molecule has 2 atom stereocenters. The molecule has 2 aromatic rings. The van der Waals surface area contributed by atoms with Crippen molar-refractivity contribution in [3.63, 3.8) is 0 Å². The maximum absolute atomic E-state index is 14.2. The van der Waals surface area contributed by atoms with Gasteiger partial charge in [-0.15, -0.1) is 0 Å². The third-order valence-corrected chi connectivity index (χ3v) is 7.65. The van der Waals surface area contributed by atoms with E-state index in [0.29, 0.717) is 18.5 Å². The van der Waals surface area contributed by atoms with Crippen LogP contribution in [0.1, 0.15) is 30.9 Å². The molecule has 0 spiro atoms. The molecule has 0 N–H and O–H groups in total. The molecule has 5 nitrogen and oxygen atoms in total. The molecule has 8 heteroatoms. The molecule has 154 valence electrons. The molecule has 0 aromatic heterocycles. The normalized spacial score (nSPS) is 22.1. The number of carbonyl (C=O) groups excluding carboxylic acids is 1. The molecule has 2 unspecified atom stereocenters. The number of hydrogen-bond acceptors (Lipinski definition) is 3. The van der Waals surface area contributed by atoms with Crippen molar-refractivity contribution in [2.75, 3.05) is 11.4 Å². The van der Waals surface area contributed by atoms with E-state index in [1.54, 1.807) is 19.1 Å². The number of amides is 1. The van der Waals surface area contributed by atoms with E-state index < -0.39 is 33.6 Å². The molecule has 1 fully saturated rings. The van der Waals surface area contributed by atoms with Crippen molar-refractivity contribution in [1.29, 1.82) is 0 Å². The van der Waals surface area contributed by atoms with Gasteiger partial charge in [-0.1, -0.05) is 17.7 Å². The summed E-state index contributed by atoms with van der Waals surface area (Å²) in [6.45, 7) is 3.87. The lowest BCUT2D eigenvalue weighted by molar-refractivity contribution is -0.121. The van der Waals surface area contributed by atoms with Crippen LogP contribution in [-0.2, 0) is 21.2 Å². The summed E-state index contributed by atoms with van der Waals surface area (Å²) in [5.74, 6) is -2.29. The molecule has 2 aliphatic rings. The zero-order chi connectivity index (χ0) is 20.9. The predicted octanol–water partition coefficient (Wildman–Crippen LogP) is 3.40. The van der Waals surface area contributed by atoms with Crippen molar-refractivity contribution < 1.29 is 22.0 Å². The third-order valence-electron chi connectivity index (χ3n) is 5.72. The highest BCUT2D eigenvalue weighted by molar-refractivity contribution is 7.89. The van der Waals surface area contributed by atoms with E-state index in [2.05, 4.69) is 0 Å². The highest BCUT2D eigenvalue weighted by Crippen LogP contribution is 2.37. The van der Waals surface area contributed by atoms with Gasteiger partial charge in [0.2, 0.25) is 15.9 Å². The second-order valence-corrected chi connectivity index (χ2v) is 9.60. The van der Waals surface area contributed by atoms with E-state index in [0.717, 1.165) is 11.6 Å². The first kappa shape index (κ1) is 20.0. The third kappa shape index (κ3) is 3.24. The second-order valence-electron chi connectivity index (χ2n) is 7.71. The number of halogens is 2. The summed E-state index contributed by atoms with van der Waals surface area (Å²) in [6.07, 6.45) is 1.16. The van der Waals surface area contributed by atoms with Gasteiger partial charge in [-0.2, -0.15) is 4.31 Å². The molecule has 2 aliphatic heterocycles. The van der Waals surface area contributed by atoms with Crippen molar-refractivity contribution in [1.82, 2.24) is 4.31 Å². The van der Waals surface area contributed by atoms with Crippen LogP contribution in [0.3, 0.4) is 0 Å². The van der Waals surface area contributed by atoms with Crippen LogP contribution in [0.2, 0.25) is 0 Å². The summed E-state index contributed by atoms with van der Waals surface area (Å²) >= 11 is 0. The standard InChI is InChI=1S/C21H22F2N2O3S/c1-13-5-7-15(8-6-13)29(27,28)24-11-3-4-19(24)21(26)25-14(2)12-16-18(25)10-9-17(22)20(16)23/h5-10,14,19H,3-4,11-12H2,1-2H3. The molecule has 2 heterocycles. The van der Waals surface area contributed by atoms with Gasteiger partial charge in [0, 0.05) is 18.2 Å². The quantitative estimate of drug-likeness (QED) is 0.765.